The summed E-state index contributed by atoms with van der Waals surface area (Å²) in [4.78, 5) is 26.2. The number of nitrogens with one attached hydrogen (secondary N) is 1. The number of carbonyl (C=O) groups excluding carboxylic acids is 2. The number of hydrogen-bond donors (Lipinski definition) is 2. The summed E-state index contributed by atoms with van der Waals surface area (Å²) in [6, 6.07) is -0.537. The predicted molar refractivity (Wildman–Crippen MR) is 73.3 cm³/mol. The van der Waals surface area contributed by atoms with Gasteiger partial charge in [0.1, 0.15) is 6.04 Å². The molecule has 2 amide bonds. The highest BCUT2D eigenvalue weighted by molar-refractivity contribution is 5.90. The van der Waals surface area contributed by atoms with E-state index in [0.29, 0.717) is 12.6 Å². The molecular weight excluding hydrogens is 242 g/mol. The predicted octanol–water partition coefficient (Wildman–Crippen LogP) is 0.629. The highest BCUT2D eigenvalue weighted by Crippen LogP contribution is 2.25. The summed E-state index contributed by atoms with van der Waals surface area (Å²) < 4.78 is 0. The highest BCUT2D eigenvalue weighted by Gasteiger charge is 2.40. The van der Waals surface area contributed by atoms with E-state index < -0.39 is 6.04 Å². The van der Waals surface area contributed by atoms with Crippen molar-refractivity contribution in [3.05, 3.63) is 0 Å². The van der Waals surface area contributed by atoms with E-state index in [-0.39, 0.29) is 23.3 Å². The van der Waals surface area contributed by atoms with Crippen molar-refractivity contribution in [2.45, 2.75) is 64.6 Å². The van der Waals surface area contributed by atoms with Crippen LogP contribution in [0, 0.1) is 5.41 Å². The van der Waals surface area contributed by atoms with E-state index in [9.17, 15) is 9.59 Å². The molecule has 0 aromatic heterocycles. The number of hydrogen-bond acceptors (Lipinski definition) is 3. The molecule has 1 aliphatic carbocycles. The average molecular weight is 267 g/mol. The summed E-state index contributed by atoms with van der Waals surface area (Å²) in [6.45, 7) is 6.49. The van der Waals surface area contributed by atoms with Crippen LogP contribution in [0.2, 0.25) is 0 Å². The normalized spacial score (nSPS) is 25.3. The zero-order valence-corrected chi connectivity index (χ0v) is 12.1. The molecule has 2 fully saturated rings. The van der Waals surface area contributed by atoms with Crippen LogP contribution in [0.4, 0.5) is 0 Å². The van der Waals surface area contributed by atoms with E-state index in [4.69, 9.17) is 5.73 Å². The van der Waals surface area contributed by atoms with Crippen LogP contribution in [-0.2, 0) is 9.59 Å². The molecule has 2 rings (SSSR count). The molecule has 0 aromatic rings. The lowest BCUT2D eigenvalue weighted by atomic mass is 9.86. The molecule has 1 unspecified atom stereocenters. The molecule has 5 nitrogen and oxygen atoms in total. The number of carbonyl (C=O) groups is 2. The Balaban J connectivity index is 2.01. The first-order valence-electron chi connectivity index (χ1n) is 7.17. The molecule has 0 spiro atoms. The SMILES string of the molecule is CC(C)(C)[C@@H](N)C(=O)N1CCCC1C(=O)NC1CC1. The molecule has 2 aliphatic rings. The van der Waals surface area contributed by atoms with E-state index >= 15 is 0 Å². The van der Waals surface area contributed by atoms with Crippen molar-refractivity contribution in [3.63, 3.8) is 0 Å². The summed E-state index contributed by atoms with van der Waals surface area (Å²) in [5.41, 5.74) is 5.75. The minimum Gasteiger partial charge on any atom is -0.352 e. The number of nitrogens with two attached hydrogens (primary N) is 1. The van der Waals surface area contributed by atoms with Gasteiger partial charge in [-0.25, -0.2) is 0 Å². The second kappa shape index (κ2) is 5.12. The lowest BCUT2D eigenvalue weighted by Gasteiger charge is -2.32. The number of nitrogens with zero attached hydrogens (tertiary/aromatic N) is 1. The smallest absolute Gasteiger partial charge is 0.243 e. The summed E-state index contributed by atoms with van der Waals surface area (Å²) in [5.74, 6) is -0.101. The standard InChI is InChI=1S/C14H25N3O2/c1-14(2,3)11(15)13(19)17-8-4-5-10(17)12(18)16-9-6-7-9/h9-11H,4-8,15H2,1-3H3,(H,16,18)/t10?,11-/m0/s1. The Morgan fingerprint density at radius 1 is 1.26 bits per heavy atom. The Morgan fingerprint density at radius 2 is 1.89 bits per heavy atom. The highest BCUT2D eigenvalue weighted by atomic mass is 16.2. The average Bonchev–Trinajstić information content (AvgIpc) is 2.99. The molecule has 0 radical (unpaired) electrons. The molecule has 1 saturated heterocycles. The largest absolute Gasteiger partial charge is 0.352 e. The Kier molecular flexibility index (Phi) is 3.85. The van der Waals surface area contributed by atoms with Gasteiger partial charge in [0.2, 0.25) is 11.8 Å². The molecular formula is C14H25N3O2. The van der Waals surface area contributed by atoms with E-state index in [0.717, 1.165) is 25.7 Å². The second-order valence-electron chi connectivity index (χ2n) is 6.82. The fraction of sp³-hybridized carbons (Fsp3) is 0.857. The fourth-order valence-electron chi connectivity index (χ4n) is 2.38. The van der Waals surface area contributed by atoms with Crippen molar-refractivity contribution in [1.82, 2.24) is 10.2 Å². The van der Waals surface area contributed by atoms with E-state index in [1.165, 1.54) is 0 Å². The maximum absolute atomic E-state index is 12.4. The zero-order chi connectivity index (χ0) is 14.2. The first-order valence-corrected chi connectivity index (χ1v) is 7.17. The van der Waals surface area contributed by atoms with Gasteiger partial charge in [-0.15, -0.1) is 0 Å². The zero-order valence-electron chi connectivity index (χ0n) is 12.1. The molecule has 1 aliphatic heterocycles. The van der Waals surface area contributed by atoms with Gasteiger partial charge in [0.05, 0.1) is 6.04 Å². The van der Waals surface area contributed by atoms with Crippen molar-refractivity contribution in [2.24, 2.45) is 11.1 Å². The molecule has 1 heterocycles. The maximum atomic E-state index is 12.4. The summed E-state index contributed by atoms with van der Waals surface area (Å²) in [6.07, 6.45) is 3.76. The summed E-state index contributed by atoms with van der Waals surface area (Å²) in [5, 5.41) is 2.98. The van der Waals surface area contributed by atoms with E-state index in [1.54, 1.807) is 4.90 Å². The fourth-order valence-corrected chi connectivity index (χ4v) is 2.38. The Morgan fingerprint density at radius 3 is 2.42 bits per heavy atom. The molecule has 0 bridgehead atoms. The van der Waals surface area contributed by atoms with Crippen molar-refractivity contribution in [2.75, 3.05) is 6.54 Å². The number of likely N-dealkylation sites (tertiary alicyclic amines) is 1. The van der Waals surface area contributed by atoms with Gasteiger partial charge < -0.3 is 16.0 Å². The minimum absolute atomic E-state index is 0.00513. The Hall–Kier alpha value is -1.10. The van der Waals surface area contributed by atoms with Crippen molar-refractivity contribution >= 4 is 11.8 Å². The lowest BCUT2D eigenvalue weighted by Crippen LogP contribution is -2.55. The molecule has 19 heavy (non-hydrogen) atoms. The maximum Gasteiger partial charge on any atom is 0.243 e. The van der Waals surface area contributed by atoms with E-state index in [1.807, 2.05) is 20.8 Å². The first kappa shape index (κ1) is 14.3. The minimum atomic E-state index is -0.554. The molecule has 2 atom stereocenters. The first-order chi connectivity index (χ1) is 8.80. The quantitative estimate of drug-likeness (QED) is 0.787. The van der Waals surface area contributed by atoms with Gasteiger partial charge in [0.15, 0.2) is 0 Å². The van der Waals surface area contributed by atoms with Gasteiger partial charge in [-0.2, -0.15) is 0 Å². The van der Waals surface area contributed by atoms with Gasteiger partial charge in [0, 0.05) is 12.6 Å². The second-order valence-corrected chi connectivity index (χ2v) is 6.82. The van der Waals surface area contributed by atoms with Gasteiger partial charge >= 0.3 is 0 Å². The van der Waals surface area contributed by atoms with Crippen molar-refractivity contribution in [1.29, 1.82) is 0 Å². The van der Waals surface area contributed by atoms with Crippen molar-refractivity contribution < 1.29 is 9.59 Å². The van der Waals surface area contributed by atoms with Crippen LogP contribution < -0.4 is 11.1 Å². The molecule has 3 N–H and O–H groups in total. The Labute approximate surface area is 114 Å². The third-order valence-corrected chi connectivity index (χ3v) is 3.96. The van der Waals surface area contributed by atoms with Crippen LogP contribution in [0.3, 0.4) is 0 Å². The van der Waals surface area contributed by atoms with Gasteiger partial charge in [0.25, 0.3) is 0 Å². The van der Waals surface area contributed by atoms with Crippen LogP contribution in [0.1, 0.15) is 46.5 Å². The van der Waals surface area contributed by atoms with Gasteiger partial charge in [-0.1, -0.05) is 20.8 Å². The third-order valence-electron chi connectivity index (χ3n) is 3.96. The molecule has 0 aromatic carbocycles. The van der Waals surface area contributed by atoms with Crippen LogP contribution in [0.5, 0.6) is 0 Å². The summed E-state index contributed by atoms with van der Waals surface area (Å²) >= 11 is 0. The van der Waals surface area contributed by atoms with Crippen LogP contribution in [-0.4, -0.2) is 41.4 Å². The van der Waals surface area contributed by atoms with Crippen molar-refractivity contribution in [3.8, 4) is 0 Å². The number of rotatable bonds is 3. The van der Waals surface area contributed by atoms with Gasteiger partial charge in [-0.3, -0.25) is 9.59 Å². The van der Waals surface area contributed by atoms with E-state index in [2.05, 4.69) is 5.32 Å². The lowest BCUT2D eigenvalue weighted by molar-refractivity contribution is -0.141. The Bertz CT molecular complexity index is 371. The number of amides is 2. The topological polar surface area (TPSA) is 75.4 Å². The third kappa shape index (κ3) is 3.26. The van der Waals surface area contributed by atoms with Crippen LogP contribution in [0.25, 0.3) is 0 Å². The summed E-state index contributed by atoms with van der Waals surface area (Å²) in [7, 11) is 0. The van der Waals surface area contributed by atoms with Crippen LogP contribution in [0.15, 0.2) is 0 Å². The molecule has 1 saturated carbocycles. The van der Waals surface area contributed by atoms with Crippen LogP contribution >= 0.6 is 0 Å². The molecule has 5 heteroatoms. The van der Waals surface area contributed by atoms with Gasteiger partial charge in [-0.05, 0) is 31.1 Å². The monoisotopic (exact) mass is 267 g/mol. The molecule has 108 valence electrons.